The van der Waals surface area contributed by atoms with Crippen molar-refractivity contribution >= 4 is 23.0 Å². The number of carbonyl (C=O) groups excluding carboxylic acids is 1. The van der Waals surface area contributed by atoms with E-state index in [1.165, 1.54) is 5.56 Å². The number of hydrogen-bond acceptors (Lipinski definition) is 8. The minimum absolute atomic E-state index is 0.0973. The fourth-order valence-corrected chi connectivity index (χ4v) is 4.81. The molecule has 0 saturated carbocycles. The Balaban J connectivity index is 1.34. The van der Waals surface area contributed by atoms with Gasteiger partial charge in [-0.25, -0.2) is 5.01 Å². The summed E-state index contributed by atoms with van der Waals surface area (Å²) in [7, 11) is 0. The predicted octanol–water partition coefficient (Wildman–Crippen LogP) is 5.29. The Bertz CT molecular complexity index is 1280. The van der Waals surface area contributed by atoms with Gasteiger partial charge >= 0.3 is 0 Å². The number of rotatable bonds is 9. The van der Waals surface area contributed by atoms with E-state index in [2.05, 4.69) is 36.2 Å². The van der Waals surface area contributed by atoms with E-state index in [9.17, 15) is 4.79 Å². The minimum Gasteiger partial charge on any atom is -0.467 e. The zero-order valence-electron chi connectivity index (χ0n) is 19.8. The molecule has 1 aromatic carbocycles. The van der Waals surface area contributed by atoms with Gasteiger partial charge in [0.05, 0.1) is 29.9 Å². The topological polar surface area (TPSA) is 88.0 Å². The zero-order valence-corrected chi connectivity index (χ0v) is 20.6. The Kier molecular flexibility index (Phi) is 6.87. The molecule has 1 atom stereocenters. The number of benzene rings is 1. The van der Waals surface area contributed by atoms with Crippen molar-refractivity contribution in [1.29, 1.82) is 0 Å². The van der Waals surface area contributed by atoms with Crippen molar-refractivity contribution in [3.8, 4) is 10.8 Å². The van der Waals surface area contributed by atoms with Crippen molar-refractivity contribution in [2.75, 3.05) is 13.1 Å². The number of aryl methyl sites for hydroxylation is 1. The summed E-state index contributed by atoms with van der Waals surface area (Å²) in [6.07, 6.45) is 3.12. The molecular weight excluding hydrogens is 462 g/mol. The smallest absolute Gasteiger partial charge is 0.257 e. The molecule has 0 bridgehead atoms. The maximum Gasteiger partial charge on any atom is 0.257 e. The monoisotopic (exact) mass is 489 g/mol. The van der Waals surface area contributed by atoms with E-state index in [0.717, 1.165) is 34.9 Å². The number of hydrogen-bond donors (Lipinski definition) is 0. The largest absolute Gasteiger partial charge is 0.467 e. The average molecular weight is 490 g/mol. The molecule has 0 N–H and O–H groups in total. The lowest BCUT2D eigenvalue weighted by Crippen LogP contribution is -2.38. The molecule has 0 saturated heterocycles. The highest BCUT2D eigenvalue weighted by molar-refractivity contribution is 7.13. The van der Waals surface area contributed by atoms with Crippen LogP contribution >= 0.6 is 11.3 Å². The second kappa shape index (κ2) is 10.4. The third-order valence-electron chi connectivity index (χ3n) is 5.88. The van der Waals surface area contributed by atoms with Gasteiger partial charge in [-0.3, -0.25) is 9.69 Å². The Morgan fingerprint density at radius 2 is 2.03 bits per heavy atom. The SMILES string of the molecule is CCCN(CC(=O)N1N=C(c2ccc(C)cc2)CC1c1ccco1)Cc1nnc(-c2cccs2)o1. The predicted molar refractivity (Wildman–Crippen MR) is 134 cm³/mol. The lowest BCUT2D eigenvalue weighted by molar-refractivity contribution is -0.134. The Hall–Kier alpha value is -3.56. The third-order valence-corrected chi connectivity index (χ3v) is 6.74. The summed E-state index contributed by atoms with van der Waals surface area (Å²) in [6, 6.07) is 15.6. The van der Waals surface area contributed by atoms with Crippen LogP contribution in [0.3, 0.4) is 0 Å². The maximum atomic E-state index is 13.5. The van der Waals surface area contributed by atoms with Crippen LogP contribution in [0.2, 0.25) is 0 Å². The van der Waals surface area contributed by atoms with Crippen LogP contribution in [0.25, 0.3) is 10.8 Å². The van der Waals surface area contributed by atoms with Gasteiger partial charge in [-0.2, -0.15) is 5.10 Å². The molecule has 0 aliphatic carbocycles. The van der Waals surface area contributed by atoms with Crippen LogP contribution in [-0.2, 0) is 11.3 Å². The van der Waals surface area contributed by atoms with E-state index in [-0.39, 0.29) is 18.5 Å². The van der Waals surface area contributed by atoms with Crippen molar-refractivity contribution in [1.82, 2.24) is 20.1 Å². The lowest BCUT2D eigenvalue weighted by Gasteiger charge is -2.24. The molecule has 1 amide bonds. The molecule has 4 aromatic rings. The Morgan fingerprint density at radius 3 is 2.74 bits per heavy atom. The Labute approximate surface area is 207 Å². The van der Waals surface area contributed by atoms with Crippen LogP contribution in [0, 0.1) is 6.92 Å². The summed E-state index contributed by atoms with van der Waals surface area (Å²) in [5, 5.41) is 16.6. The summed E-state index contributed by atoms with van der Waals surface area (Å²) >= 11 is 1.55. The first kappa shape index (κ1) is 23.2. The number of thiophene rings is 1. The van der Waals surface area contributed by atoms with Crippen molar-refractivity contribution < 1.29 is 13.6 Å². The highest BCUT2D eigenvalue weighted by atomic mass is 32.1. The van der Waals surface area contributed by atoms with E-state index < -0.39 is 0 Å². The van der Waals surface area contributed by atoms with E-state index in [0.29, 0.717) is 24.7 Å². The molecule has 3 aromatic heterocycles. The molecule has 0 radical (unpaired) electrons. The number of furan rings is 1. The van der Waals surface area contributed by atoms with Crippen molar-refractivity contribution in [2.24, 2.45) is 5.10 Å². The number of carbonyl (C=O) groups is 1. The van der Waals surface area contributed by atoms with Crippen LogP contribution in [0.4, 0.5) is 0 Å². The second-order valence-corrected chi connectivity index (χ2v) is 9.52. The summed E-state index contributed by atoms with van der Waals surface area (Å²) in [5.74, 6) is 1.62. The fourth-order valence-electron chi connectivity index (χ4n) is 4.17. The first-order valence-corrected chi connectivity index (χ1v) is 12.6. The van der Waals surface area contributed by atoms with Gasteiger partial charge in [0.15, 0.2) is 0 Å². The highest BCUT2D eigenvalue weighted by Crippen LogP contribution is 2.33. The van der Waals surface area contributed by atoms with Crippen LogP contribution in [0.1, 0.15) is 48.6 Å². The lowest BCUT2D eigenvalue weighted by atomic mass is 10.0. The highest BCUT2D eigenvalue weighted by Gasteiger charge is 2.35. The first-order valence-electron chi connectivity index (χ1n) is 11.7. The van der Waals surface area contributed by atoms with Gasteiger partial charge < -0.3 is 8.83 Å². The molecule has 180 valence electrons. The van der Waals surface area contributed by atoms with Gasteiger partial charge in [0, 0.05) is 6.42 Å². The summed E-state index contributed by atoms with van der Waals surface area (Å²) in [6.45, 7) is 5.43. The molecule has 1 unspecified atom stereocenters. The standard InChI is InChI=1S/C26H27N5O3S/c1-3-12-30(16-24-27-28-26(34-24)23-7-5-14-35-23)17-25(32)31-21(22-6-4-13-33-22)15-20(29-31)19-10-8-18(2)9-11-19/h4-11,13-14,21H,3,12,15-17H2,1-2H3. The quantitative estimate of drug-likeness (QED) is 0.317. The number of nitrogens with zero attached hydrogens (tertiary/aromatic N) is 5. The van der Waals surface area contributed by atoms with E-state index in [1.54, 1.807) is 22.6 Å². The molecule has 1 aliphatic rings. The Morgan fingerprint density at radius 1 is 1.17 bits per heavy atom. The number of aromatic nitrogens is 2. The van der Waals surface area contributed by atoms with E-state index >= 15 is 0 Å². The molecule has 0 spiro atoms. The van der Waals surface area contributed by atoms with Crippen LogP contribution in [0.15, 0.2) is 74.1 Å². The molecule has 4 heterocycles. The summed E-state index contributed by atoms with van der Waals surface area (Å²) < 4.78 is 11.5. The molecule has 35 heavy (non-hydrogen) atoms. The van der Waals surface area contributed by atoms with Crippen molar-refractivity contribution in [2.45, 2.75) is 39.3 Å². The third kappa shape index (κ3) is 5.26. The van der Waals surface area contributed by atoms with Gasteiger partial charge in [0.25, 0.3) is 11.8 Å². The van der Waals surface area contributed by atoms with E-state index in [4.69, 9.17) is 13.9 Å². The normalized spacial score (nSPS) is 15.7. The molecular formula is C26H27N5O3S. The molecule has 5 rings (SSSR count). The van der Waals surface area contributed by atoms with Crippen LogP contribution in [-0.4, -0.2) is 44.8 Å². The maximum absolute atomic E-state index is 13.5. The molecule has 9 heteroatoms. The van der Waals surface area contributed by atoms with E-state index in [1.807, 2.05) is 46.7 Å². The summed E-state index contributed by atoms with van der Waals surface area (Å²) in [4.78, 5) is 16.5. The molecule has 1 aliphatic heterocycles. The average Bonchev–Trinajstić information content (AvgIpc) is 3.66. The van der Waals surface area contributed by atoms with Gasteiger partial charge in [-0.1, -0.05) is 42.8 Å². The second-order valence-electron chi connectivity index (χ2n) is 8.58. The fraction of sp³-hybridized carbons (Fsp3) is 0.308. The van der Waals surface area contributed by atoms with Gasteiger partial charge in [-0.15, -0.1) is 21.5 Å². The first-order chi connectivity index (χ1) is 17.1. The number of amides is 1. The summed E-state index contributed by atoms with van der Waals surface area (Å²) in [5.41, 5.74) is 3.07. The zero-order chi connectivity index (χ0) is 24.2. The van der Waals surface area contributed by atoms with Gasteiger partial charge in [0.1, 0.15) is 11.8 Å². The van der Waals surface area contributed by atoms with Gasteiger partial charge in [0.2, 0.25) is 5.89 Å². The molecule has 0 fully saturated rings. The molecule has 8 nitrogen and oxygen atoms in total. The van der Waals surface area contributed by atoms with Crippen LogP contribution < -0.4 is 0 Å². The minimum atomic E-state index is -0.272. The van der Waals surface area contributed by atoms with Gasteiger partial charge in [-0.05, 0) is 49.0 Å². The van der Waals surface area contributed by atoms with Crippen LogP contribution in [0.5, 0.6) is 0 Å². The number of hydrazone groups is 1. The van der Waals surface area contributed by atoms with Crippen molar-refractivity contribution in [3.63, 3.8) is 0 Å². The van der Waals surface area contributed by atoms with Crippen molar-refractivity contribution in [3.05, 3.63) is 83.0 Å².